The van der Waals surface area contributed by atoms with Crippen molar-refractivity contribution >= 4 is 45.0 Å². The molecule has 0 bridgehead atoms. The fraction of sp³-hybridized carbons (Fsp3) is 0.125. The van der Waals surface area contributed by atoms with Crippen molar-refractivity contribution < 1.29 is 19.1 Å². The van der Waals surface area contributed by atoms with Crippen molar-refractivity contribution in [1.29, 1.82) is 0 Å². The lowest BCUT2D eigenvalue weighted by Crippen LogP contribution is -2.43. The molecule has 0 aromatic heterocycles. The number of para-hydroxylation sites is 1. The molecule has 1 N–H and O–H groups in total. The molecule has 2 atom stereocenters. The van der Waals surface area contributed by atoms with Gasteiger partial charge >= 0.3 is 0 Å². The van der Waals surface area contributed by atoms with E-state index in [1.54, 1.807) is 48.5 Å². The lowest BCUT2D eigenvalue weighted by atomic mass is 10.1. The fourth-order valence-electron chi connectivity index (χ4n) is 3.78. The van der Waals surface area contributed by atoms with Gasteiger partial charge in [0.05, 0.1) is 5.69 Å². The summed E-state index contributed by atoms with van der Waals surface area (Å²) in [5, 5.41) is 11.9. The minimum absolute atomic E-state index is 0.222. The zero-order valence-corrected chi connectivity index (χ0v) is 19.3. The van der Waals surface area contributed by atoms with Crippen LogP contribution in [0.3, 0.4) is 0 Å². The molecule has 5 rings (SSSR count). The number of carbonyl (C=O) groups is 3. The maximum atomic E-state index is 13.0. The summed E-state index contributed by atoms with van der Waals surface area (Å²) in [4.78, 5) is 39.5. The Labute approximate surface area is 203 Å². The molecule has 0 spiro atoms. The molecule has 0 radical (unpaired) electrons. The molecule has 3 aromatic carbocycles. The van der Waals surface area contributed by atoms with Crippen LogP contribution in [0.25, 0.3) is 0 Å². The molecular weight excluding hydrogens is 502 g/mol. The lowest BCUT2D eigenvalue weighted by molar-refractivity contribution is -0.123. The van der Waals surface area contributed by atoms with Crippen LogP contribution in [0.15, 0.2) is 93.7 Å². The highest BCUT2D eigenvalue weighted by Gasteiger charge is 2.55. The maximum Gasteiger partial charge on any atom is 0.263 e. The van der Waals surface area contributed by atoms with Gasteiger partial charge in [-0.15, -0.1) is 0 Å². The number of halogens is 1. The van der Waals surface area contributed by atoms with Crippen LogP contribution in [0.1, 0.15) is 0 Å². The number of amides is 3. The molecular formula is C24H18BrN5O4. The summed E-state index contributed by atoms with van der Waals surface area (Å²) in [5.41, 5.74) is 1.01. The van der Waals surface area contributed by atoms with Crippen molar-refractivity contribution in [2.45, 2.75) is 12.1 Å². The second kappa shape index (κ2) is 9.06. The average molecular weight is 520 g/mol. The predicted molar refractivity (Wildman–Crippen MR) is 127 cm³/mol. The molecule has 0 saturated carbocycles. The van der Waals surface area contributed by atoms with E-state index in [1.165, 1.54) is 5.01 Å². The van der Waals surface area contributed by atoms with Gasteiger partial charge in [0.25, 0.3) is 11.8 Å². The van der Waals surface area contributed by atoms with Gasteiger partial charge in [0.15, 0.2) is 12.1 Å². The third-order valence-electron chi connectivity index (χ3n) is 5.37. The van der Waals surface area contributed by atoms with E-state index < -0.39 is 29.8 Å². The molecule has 3 aromatic rings. The van der Waals surface area contributed by atoms with Gasteiger partial charge in [-0.2, -0.15) is 5.11 Å². The number of nitrogens with zero attached hydrogens (tertiary/aromatic N) is 4. The Morgan fingerprint density at radius 2 is 1.59 bits per heavy atom. The first-order valence-corrected chi connectivity index (χ1v) is 11.2. The zero-order chi connectivity index (χ0) is 23.7. The monoisotopic (exact) mass is 519 g/mol. The van der Waals surface area contributed by atoms with Crippen molar-refractivity contribution in [3.8, 4) is 11.5 Å². The Hall–Kier alpha value is -4.05. The van der Waals surface area contributed by atoms with E-state index in [0.29, 0.717) is 22.9 Å². The topological polar surface area (TPSA) is 104 Å². The van der Waals surface area contributed by atoms with E-state index in [9.17, 15) is 14.4 Å². The summed E-state index contributed by atoms with van der Waals surface area (Å²) in [5.74, 6) is 0.0267. The molecule has 1 fully saturated rings. The van der Waals surface area contributed by atoms with E-state index in [1.807, 2.05) is 30.3 Å². The van der Waals surface area contributed by atoms with E-state index in [2.05, 4.69) is 31.6 Å². The summed E-state index contributed by atoms with van der Waals surface area (Å²) in [6.45, 7) is -0.222. The lowest BCUT2D eigenvalue weighted by Gasteiger charge is -2.20. The highest BCUT2D eigenvalue weighted by molar-refractivity contribution is 9.10. The number of carbonyl (C=O) groups excluding carboxylic acids is 3. The molecule has 0 unspecified atom stereocenters. The van der Waals surface area contributed by atoms with Crippen molar-refractivity contribution in [2.24, 2.45) is 10.3 Å². The molecule has 2 aliphatic rings. The number of hydrogen-bond donors (Lipinski definition) is 1. The van der Waals surface area contributed by atoms with Crippen molar-refractivity contribution in [1.82, 2.24) is 5.01 Å². The number of fused-ring (bicyclic) bond motifs is 1. The third-order valence-corrected chi connectivity index (χ3v) is 5.89. The van der Waals surface area contributed by atoms with E-state index in [0.717, 1.165) is 9.37 Å². The van der Waals surface area contributed by atoms with Crippen molar-refractivity contribution in [3.05, 3.63) is 83.3 Å². The standard InChI is InChI=1S/C24H18BrN5O4/c25-15-6-10-17(11-7-15)30-23(32)21-22(24(30)33)29(28-27-21)14-20(31)26-16-8-12-19(13-9-16)34-18-4-2-1-3-5-18/h1-13,21-22H,14H2,(H,26,31)/t21-,22-/m0/s1. The highest BCUT2D eigenvalue weighted by atomic mass is 79.9. The molecule has 3 amide bonds. The van der Waals surface area contributed by atoms with Gasteiger partial charge in [-0.1, -0.05) is 39.4 Å². The number of anilines is 2. The average Bonchev–Trinajstić information content (AvgIpc) is 3.36. The van der Waals surface area contributed by atoms with Crippen LogP contribution in [0.5, 0.6) is 11.5 Å². The van der Waals surface area contributed by atoms with E-state index >= 15 is 0 Å². The summed E-state index contributed by atoms with van der Waals surface area (Å²) in [6, 6.07) is 21.2. The number of hydrogen-bond acceptors (Lipinski definition) is 7. The maximum absolute atomic E-state index is 13.0. The summed E-state index contributed by atoms with van der Waals surface area (Å²) in [6.07, 6.45) is 0. The van der Waals surface area contributed by atoms with Crippen LogP contribution in [0.4, 0.5) is 11.4 Å². The number of imide groups is 1. The molecule has 0 aliphatic carbocycles. The zero-order valence-electron chi connectivity index (χ0n) is 17.7. The Bertz CT molecular complexity index is 1260. The molecule has 1 saturated heterocycles. The van der Waals surface area contributed by atoms with Crippen LogP contribution < -0.4 is 15.0 Å². The molecule has 34 heavy (non-hydrogen) atoms. The first kappa shape index (κ1) is 21.8. The molecule has 9 nitrogen and oxygen atoms in total. The summed E-state index contributed by atoms with van der Waals surface area (Å²) in [7, 11) is 0. The minimum Gasteiger partial charge on any atom is -0.457 e. The van der Waals surface area contributed by atoms with Crippen LogP contribution in [0, 0.1) is 0 Å². The number of rotatable bonds is 6. The fourth-order valence-corrected chi connectivity index (χ4v) is 4.04. The van der Waals surface area contributed by atoms with Gasteiger partial charge in [0.2, 0.25) is 5.91 Å². The van der Waals surface area contributed by atoms with Crippen LogP contribution in [-0.2, 0) is 14.4 Å². The second-order valence-corrected chi connectivity index (χ2v) is 8.58. The van der Waals surface area contributed by atoms with Crippen molar-refractivity contribution in [2.75, 3.05) is 16.8 Å². The number of ether oxygens (including phenoxy) is 1. The normalized spacial score (nSPS) is 18.9. The third kappa shape index (κ3) is 4.27. The summed E-state index contributed by atoms with van der Waals surface area (Å²) < 4.78 is 6.57. The van der Waals surface area contributed by atoms with Crippen molar-refractivity contribution in [3.63, 3.8) is 0 Å². The van der Waals surface area contributed by atoms with Crippen LogP contribution in [-0.4, -0.2) is 41.4 Å². The second-order valence-electron chi connectivity index (χ2n) is 7.67. The number of nitrogens with one attached hydrogen (secondary N) is 1. The van der Waals surface area contributed by atoms with Gasteiger partial charge < -0.3 is 10.1 Å². The Kier molecular flexibility index (Phi) is 5.81. The largest absolute Gasteiger partial charge is 0.457 e. The highest BCUT2D eigenvalue weighted by Crippen LogP contribution is 2.32. The minimum atomic E-state index is -0.960. The Morgan fingerprint density at radius 3 is 2.29 bits per heavy atom. The first-order valence-electron chi connectivity index (χ1n) is 10.4. The predicted octanol–water partition coefficient (Wildman–Crippen LogP) is 4.17. The van der Waals surface area contributed by atoms with Gasteiger partial charge in [-0.05, 0) is 60.7 Å². The van der Waals surface area contributed by atoms with Crippen LogP contribution >= 0.6 is 15.9 Å². The molecule has 2 aliphatic heterocycles. The molecule has 10 heteroatoms. The van der Waals surface area contributed by atoms with Gasteiger partial charge in [0, 0.05) is 10.2 Å². The van der Waals surface area contributed by atoms with E-state index in [4.69, 9.17) is 4.74 Å². The van der Waals surface area contributed by atoms with Crippen LogP contribution in [0.2, 0.25) is 0 Å². The number of benzene rings is 3. The first-order chi connectivity index (χ1) is 16.5. The van der Waals surface area contributed by atoms with Gasteiger partial charge in [-0.25, -0.2) is 4.90 Å². The quantitative estimate of drug-likeness (QED) is 0.492. The van der Waals surface area contributed by atoms with Gasteiger partial charge in [0.1, 0.15) is 18.0 Å². The Morgan fingerprint density at radius 1 is 0.912 bits per heavy atom. The molecule has 2 heterocycles. The summed E-state index contributed by atoms with van der Waals surface area (Å²) >= 11 is 3.33. The SMILES string of the molecule is O=C(CN1N=N[C@@H]2C(=O)N(c3ccc(Br)cc3)C(=O)[C@H]21)Nc1ccc(Oc2ccccc2)cc1. The molecule has 170 valence electrons. The van der Waals surface area contributed by atoms with E-state index in [-0.39, 0.29) is 6.54 Å². The smallest absolute Gasteiger partial charge is 0.263 e. The van der Waals surface area contributed by atoms with Gasteiger partial charge in [-0.3, -0.25) is 19.4 Å². The Balaban J connectivity index is 1.22.